The van der Waals surface area contributed by atoms with E-state index in [1.807, 2.05) is 26.0 Å². The first kappa shape index (κ1) is 50.0. The topological polar surface area (TPSA) is 178 Å². The van der Waals surface area contributed by atoms with E-state index in [-0.39, 0.29) is 54.0 Å². The highest BCUT2D eigenvalue weighted by atomic mass is 16.6. The van der Waals surface area contributed by atoms with Gasteiger partial charge in [-0.25, -0.2) is 0 Å². The van der Waals surface area contributed by atoms with E-state index in [1.54, 1.807) is 0 Å². The molecule has 5 saturated carbocycles. The fourth-order valence-electron chi connectivity index (χ4n) is 21.0. The lowest BCUT2D eigenvalue weighted by molar-refractivity contribution is -0.237. The lowest BCUT2D eigenvalue weighted by atomic mass is 9.30. The van der Waals surface area contributed by atoms with Gasteiger partial charge in [-0.1, -0.05) is 99.6 Å². The predicted octanol–water partition coefficient (Wildman–Crippen LogP) is 8.10. The fraction of sp³-hybridized carbons (Fsp3) is 0.703. The molecule has 0 aromatic heterocycles. The van der Waals surface area contributed by atoms with Crippen LogP contribution < -0.4 is 11.1 Å². The van der Waals surface area contributed by atoms with E-state index in [0.717, 1.165) is 75.4 Å². The molecular formula is C64H84N2O8. The molecule has 10 aliphatic carbocycles. The summed E-state index contributed by atoms with van der Waals surface area (Å²) in [6, 6.07) is 8.87. The number of nitrogens with two attached hydrogens (primary N) is 1. The third-order valence-corrected chi connectivity index (χ3v) is 24.3. The van der Waals surface area contributed by atoms with Gasteiger partial charge in [0.05, 0.1) is 29.7 Å². The number of aliphatic hydroxyl groups excluding tert-OH is 3. The first-order valence-corrected chi connectivity index (χ1v) is 29.2. The van der Waals surface area contributed by atoms with Crippen LogP contribution in [0.2, 0.25) is 0 Å². The molecule has 7 fully saturated rings. The van der Waals surface area contributed by atoms with Crippen molar-refractivity contribution in [3.63, 3.8) is 0 Å². The maximum Gasteiger partial charge on any atom is 0.160 e. The number of rotatable bonds is 10. The summed E-state index contributed by atoms with van der Waals surface area (Å²) in [5.41, 5.74) is 4.88. The maximum atomic E-state index is 16.1. The number of allylic oxidation sites excluding steroid dienone is 5. The zero-order valence-electron chi connectivity index (χ0n) is 44.6. The summed E-state index contributed by atoms with van der Waals surface area (Å²) < 4.78 is 14.3. The number of hydrogen-bond acceptors (Lipinski definition) is 10. The molecule has 10 heteroatoms. The molecule has 14 rings (SSSR count). The van der Waals surface area contributed by atoms with Crippen molar-refractivity contribution < 1.29 is 39.8 Å². The first-order chi connectivity index (χ1) is 35.4. The van der Waals surface area contributed by atoms with Crippen LogP contribution in [0, 0.1) is 85.8 Å². The molecule has 2 saturated heterocycles. The molecule has 3 spiro atoms. The van der Waals surface area contributed by atoms with Crippen molar-refractivity contribution in [1.29, 1.82) is 0 Å². The summed E-state index contributed by atoms with van der Waals surface area (Å²) in [4.78, 5) is 16.1. The molecule has 74 heavy (non-hydrogen) atoms. The van der Waals surface area contributed by atoms with Gasteiger partial charge in [-0.15, -0.1) is 0 Å². The zero-order valence-corrected chi connectivity index (χ0v) is 44.6. The highest BCUT2D eigenvalue weighted by Gasteiger charge is 2.85. The Kier molecular flexibility index (Phi) is 11.5. The number of ketones is 1. The molecule has 4 bridgehead atoms. The number of epoxide rings is 1. The standard InChI is InChI=1S/C64H84N2O8/c1-39-21-29-73-62(32-39,55-54(74-55)58(4,71)56(2,38-68)24-16-40-19-27-66-51(65)30-40)49-18-26-64(72)46-31-47(69)53-45-17-25-60-33-41(20-28-67)34-61(53)52(46)44(35-57(49,64)3)15-14-43-11-6-5-10-42(43)12-9-13-50(63(60,61)36-48(45)70)59(37-60)22-7-8-23-59/h5-6,10-11,17,19,25,30-31,33,39,44-45,48-50,52-55,66-68,70-72H,7-8,12,14-16,18,20-24,26-29,32,34-38,65H2,1-4H3/t39-,44+,45-,48+,49+,50+,52+,53+,54+,55+,56+,57-,58+,60-,61-,62-,63+,64-/m1/s1. The monoisotopic (exact) mass is 1010 g/mol. The normalized spacial score (nSPS) is 46.5. The van der Waals surface area contributed by atoms with Crippen molar-refractivity contribution in [2.45, 2.75) is 178 Å². The summed E-state index contributed by atoms with van der Waals surface area (Å²) in [5, 5.41) is 65.6. The van der Waals surface area contributed by atoms with Crippen LogP contribution in [0.5, 0.6) is 0 Å². The van der Waals surface area contributed by atoms with E-state index in [9.17, 15) is 25.5 Å². The smallest absolute Gasteiger partial charge is 0.160 e. The molecule has 8 N–H and O–H groups in total. The summed E-state index contributed by atoms with van der Waals surface area (Å²) in [6.45, 7) is 9.44. The number of benzene rings is 1. The summed E-state index contributed by atoms with van der Waals surface area (Å²) >= 11 is 0. The summed E-state index contributed by atoms with van der Waals surface area (Å²) in [6.07, 6.45) is 25.7. The molecule has 0 amide bonds. The van der Waals surface area contributed by atoms with Gasteiger partial charge in [0.1, 0.15) is 17.8 Å². The number of carbonyl (C=O) groups is 1. The van der Waals surface area contributed by atoms with Crippen molar-refractivity contribution in [1.82, 2.24) is 5.32 Å². The van der Waals surface area contributed by atoms with E-state index in [0.29, 0.717) is 76.3 Å². The fourth-order valence-corrected chi connectivity index (χ4v) is 21.0. The second-order valence-corrected chi connectivity index (χ2v) is 27.5. The van der Waals surface area contributed by atoms with Crippen LogP contribution in [0.4, 0.5) is 0 Å². The molecule has 3 heterocycles. The molecule has 13 aliphatic rings. The van der Waals surface area contributed by atoms with Crippen molar-refractivity contribution >= 4 is 5.78 Å². The molecule has 3 aliphatic heterocycles. The Bertz CT molecular complexity index is 2720. The van der Waals surface area contributed by atoms with Gasteiger partial charge in [0.25, 0.3) is 0 Å². The number of aliphatic hydroxyl groups is 5. The highest BCUT2D eigenvalue weighted by molar-refractivity contribution is 5.96. The van der Waals surface area contributed by atoms with Crippen LogP contribution >= 0.6 is 0 Å². The van der Waals surface area contributed by atoms with Gasteiger partial charge in [-0.2, -0.15) is 0 Å². The Morgan fingerprint density at radius 3 is 2.54 bits per heavy atom. The minimum atomic E-state index is -1.42. The van der Waals surface area contributed by atoms with Crippen LogP contribution in [-0.2, 0) is 27.1 Å². The van der Waals surface area contributed by atoms with E-state index in [1.165, 1.54) is 16.7 Å². The average Bonchev–Trinajstić information content (AvgIpc) is 3.98. The molecule has 18 atom stereocenters. The summed E-state index contributed by atoms with van der Waals surface area (Å²) in [5.74, 6) is 7.81. The molecule has 1 aromatic rings. The van der Waals surface area contributed by atoms with Gasteiger partial charge in [-0.3, -0.25) is 4.79 Å². The largest absolute Gasteiger partial charge is 0.396 e. The Labute approximate surface area is 439 Å². The predicted molar refractivity (Wildman–Crippen MR) is 283 cm³/mol. The number of hydrogen-bond donors (Lipinski definition) is 7. The Morgan fingerprint density at radius 1 is 0.986 bits per heavy atom. The molecule has 0 unspecified atom stereocenters. The van der Waals surface area contributed by atoms with Crippen molar-refractivity contribution in [2.24, 2.45) is 79.6 Å². The molecule has 398 valence electrons. The minimum Gasteiger partial charge on any atom is -0.396 e. The van der Waals surface area contributed by atoms with Gasteiger partial charge >= 0.3 is 0 Å². The van der Waals surface area contributed by atoms with Crippen molar-refractivity contribution in [2.75, 3.05) is 26.4 Å². The number of fused-ring (bicyclic) bond motifs is 5. The quantitative estimate of drug-likeness (QED) is 0.0689. The summed E-state index contributed by atoms with van der Waals surface area (Å²) in [7, 11) is 0. The molecule has 10 nitrogen and oxygen atoms in total. The molecule has 0 radical (unpaired) electrons. The second-order valence-electron chi connectivity index (χ2n) is 27.5. The number of carbonyl (C=O) groups excluding carboxylic acids is 1. The molecule has 1 aromatic carbocycles. The van der Waals surface area contributed by atoms with Crippen LogP contribution in [0.3, 0.4) is 0 Å². The molecular weight excluding hydrogens is 925 g/mol. The SMILES string of the molecule is C[C@@H]1CCO[C@]([C@H]2CC[C@@]3(O)C4=CC(=O)[C@@H]5[C@@H]6C=C[C@@]78C=C(CCO)C[C@@]59[C@H]4[C@@H](CCc4ccccc4CC#C[C@@H](C4(CCCC4)C7)[C@@]89C[C@@H]6O)C[C@]23C)([C@H]2O[C@@H]2[C@](C)(O)[C@](C)(CO)CCC2=CCNC(N)=C2)C1. The Morgan fingerprint density at radius 2 is 1.78 bits per heavy atom. The van der Waals surface area contributed by atoms with Crippen molar-refractivity contribution in [3.8, 4) is 11.8 Å². The zero-order chi connectivity index (χ0) is 51.5. The number of aryl methyl sites for hydroxylation is 1. The maximum absolute atomic E-state index is 16.1. The van der Waals surface area contributed by atoms with E-state index >= 15 is 4.79 Å². The van der Waals surface area contributed by atoms with Gasteiger partial charge in [0, 0.05) is 65.6 Å². The lowest BCUT2D eigenvalue weighted by Crippen LogP contribution is -2.73. The first-order valence-electron chi connectivity index (χ1n) is 29.2. The number of dihydropyridines is 1. The minimum absolute atomic E-state index is 0.0301. The lowest BCUT2D eigenvalue weighted by Gasteiger charge is -2.73. The second kappa shape index (κ2) is 17.0. The third kappa shape index (κ3) is 6.47. The van der Waals surface area contributed by atoms with E-state index in [2.05, 4.69) is 79.6 Å². The van der Waals surface area contributed by atoms with E-state index < -0.39 is 68.1 Å². The van der Waals surface area contributed by atoms with Gasteiger partial charge in [-0.05, 0) is 172 Å². The van der Waals surface area contributed by atoms with Gasteiger partial charge in [0.15, 0.2) is 5.78 Å². The highest BCUT2D eigenvalue weighted by Crippen LogP contribution is 2.87. The average molecular weight is 1010 g/mol. The van der Waals surface area contributed by atoms with Gasteiger partial charge < -0.3 is 46.1 Å². The Hall–Kier alpha value is -3.53. The van der Waals surface area contributed by atoms with Crippen LogP contribution in [-0.4, -0.2) is 92.8 Å². The van der Waals surface area contributed by atoms with Crippen LogP contribution in [0.25, 0.3) is 0 Å². The third-order valence-electron chi connectivity index (χ3n) is 24.3. The van der Waals surface area contributed by atoms with E-state index in [4.69, 9.17) is 15.2 Å². The van der Waals surface area contributed by atoms with Crippen LogP contribution in [0.1, 0.15) is 142 Å². The number of ether oxygens (including phenoxy) is 2. The number of nitrogens with one attached hydrogen (secondary N) is 1. The van der Waals surface area contributed by atoms with Gasteiger partial charge in [0.2, 0.25) is 0 Å². The van der Waals surface area contributed by atoms with Crippen LogP contribution in [0.15, 0.2) is 83.3 Å². The van der Waals surface area contributed by atoms with Crippen molar-refractivity contribution in [3.05, 3.63) is 94.4 Å². The Balaban J connectivity index is 0.968.